The first-order valence-corrected chi connectivity index (χ1v) is 13.4. The lowest BCUT2D eigenvalue weighted by atomic mass is 10.1. The summed E-state index contributed by atoms with van der Waals surface area (Å²) in [5, 5.41) is 0.570. The maximum Gasteiger partial charge on any atom is 0.260 e. The summed E-state index contributed by atoms with van der Waals surface area (Å²) in [6.45, 7) is 5.48. The van der Waals surface area contributed by atoms with Crippen molar-refractivity contribution >= 4 is 52.3 Å². The minimum Gasteiger partial charge on any atom is -0.490 e. The molecule has 0 spiro atoms. The molecule has 0 aromatic heterocycles. The number of halogens is 3. The van der Waals surface area contributed by atoms with Crippen LogP contribution in [0.2, 0.25) is 5.02 Å². The summed E-state index contributed by atoms with van der Waals surface area (Å²) in [6.07, 6.45) is 0.0671. The van der Waals surface area contributed by atoms with Gasteiger partial charge in [0.15, 0.2) is 4.33 Å². The van der Waals surface area contributed by atoms with Gasteiger partial charge in [0.1, 0.15) is 18.4 Å². The average molecular weight is 570 g/mol. The predicted octanol–water partition coefficient (Wildman–Crippen LogP) is 2.97. The molecule has 200 valence electrons. The number of para-hydroxylation sites is 2. The molecule has 2 amide bonds. The summed E-state index contributed by atoms with van der Waals surface area (Å²) < 4.78 is 9.76. The van der Waals surface area contributed by atoms with Gasteiger partial charge in [0.2, 0.25) is 5.91 Å². The van der Waals surface area contributed by atoms with Gasteiger partial charge in [-0.15, -0.1) is 0 Å². The lowest BCUT2D eigenvalue weighted by molar-refractivity contribution is -0.140. The van der Waals surface area contributed by atoms with Crippen LogP contribution in [0.4, 0.5) is 5.69 Å². The molecular formula is C26H31Cl3N4O4. The Morgan fingerprint density at radius 3 is 2.43 bits per heavy atom. The van der Waals surface area contributed by atoms with Crippen LogP contribution in [0.5, 0.6) is 5.75 Å². The number of anilines is 1. The van der Waals surface area contributed by atoms with Crippen LogP contribution in [0.3, 0.4) is 0 Å². The number of ether oxygens (including phenoxy) is 2. The van der Waals surface area contributed by atoms with E-state index >= 15 is 0 Å². The van der Waals surface area contributed by atoms with Crippen molar-refractivity contribution in [1.82, 2.24) is 9.80 Å². The summed E-state index contributed by atoms with van der Waals surface area (Å²) >= 11 is 19.0. The van der Waals surface area contributed by atoms with Crippen LogP contribution in [0.15, 0.2) is 48.5 Å². The molecule has 1 atom stereocenters. The average Bonchev–Trinajstić information content (AvgIpc) is 2.90. The molecule has 0 bridgehead atoms. The molecule has 2 heterocycles. The predicted molar refractivity (Wildman–Crippen MR) is 146 cm³/mol. The number of morpholine rings is 1. The van der Waals surface area contributed by atoms with E-state index in [2.05, 4.69) is 4.90 Å². The largest absolute Gasteiger partial charge is 0.490 e. The number of carbonyl (C=O) groups is 2. The van der Waals surface area contributed by atoms with E-state index in [4.69, 9.17) is 50.0 Å². The fourth-order valence-electron chi connectivity index (χ4n) is 4.58. The van der Waals surface area contributed by atoms with Gasteiger partial charge in [0.25, 0.3) is 5.91 Å². The first-order chi connectivity index (χ1) is 17.7. The van der Waals surface area contributed by atoms with Gasteiger partial charge >= 0.3 is 0 Å². The molecule has 2 aromatic rings. The lowest BCUT2D eigenvalue weighted by Crippen LogP contribution is -2.62. The first kappa shape index (κ1) is 27.8. The third-order valence-electron chi connectivity index (χ3n) is 6.60. The number of rotatable bonds is 9. The quantitative estimate of drug-likeness (QED) is 0.467. The number of piperazine rings is 1. The molecule has 8 nitrogen and oxygen atoms in total. The highest BCUT2D eigenvalue weighted by molar-refractivity contribution is 6.58. The second-order valence-corrected chi connectivity index (χ2v) is 11.1. The number of nitrogens with two attached hydrogens (primary N) is 1. The Bertz CT molecular complexity index is 1080. The molecule has 2 aliphatic rings. The normalized spacial score (nSPS) is 19.1. The van der Waals surface area contributed by atoms with Crippen molar-refractivity contribution in [3.05, 3.63) is 59.1 Å². The molecule has 2 N–H and O–H groups in total. The zero-order valence-electron chi connectivity index (χ0n) is 20.5. The van der Waals surface area contributed by atoms with E-state index in [1.807, 2.05) is 29.2 Å². The number of hydrogen-bond donors (Lipinski definition) is 1. The maximum atomic E-state index is 13.4. The maximum absolute atomic E-state index is 13.4. The standard InChI is InChI=1S/C26H31Cl3N4O4/c27-20-7-5-19(6-8-20)17-26(28,29)25(35)33-10-9-32(18-22(33)24(30)34)21-3-1-2-4-23(21)37-16-13-31-11-14-36-15-12-31/h1-8,22H,9-18H2,(H2,30,34). The minimum absolute atomic E-state index is 0.0671. The zero-order valence-corrected chi connectivity index (χ0v) is 22.7. The molecule has 11 heteroatoms. The van der Waals surface area contributed by atoms with E-state index in [0.717, 1.165) is 44.1 Å². The molecule has 2 fully saturated rings. The van der Waals surface area contributed by atoms with E-state index in [1.54, 1.807) is 24.3 Å². The van der Waals surface area contributed by atoms with Crippen LogP contribution < -0.4 is 15.4 Å². The van der Waals surface area contributed by atoms with E-state index in [1.165, 1.54) is 4.90 Å². The van der Waals surface area contributed by atoms with Crippen LogP contribution in [-0.4, -0.2) is 91.1 Å². The number of carbonyl (C=O) groups excluding carboxylic acids is 2. The Morgan fingerprint density at radius 1 is 1.03 bits per heavy atom. The lowest BCUT2D eigenvalue weighted by Gasteiger charge is -2.43. The van der Waals surface area contributed by atoms with Crippen molar-refractivity contribution in [3.63, 3.8) is 0 Å². The monoisotopic (exact) mass is 568 g/mol. The number of amides is 2. The molecule has 2 saturated heterocycles. The van der Waals surface area contributed by atoms with Crippen LogP contribution in [-0.2, 0) is 20.7 Å². The van der Waals surface area contributed by atoms with Gasteiger partial charge in [-0.2, -0.15) is 0 Å². The smallest absolute Gasteiger partial charge is 0.260 e. The van der Waals surface area contributed by atoms with Gasteiger partial charge in [-0.1, -0.05) is 59.1 Å². The van der Waals surface area contributed by atoms with E-state index in [9.17, 15) is 9.59 Å². The highest BCUT2D eigenvalue weighted by Crippen LogP contribution is 2.33. The van der Waals surface area contributed by atoms with Crippen LogP contribution in [0.25, 0.3) is 0 Å². The molecular weight excluding hydrogens is 539 g/mol. The third-order valence-corrected chi connectivity index (χ3v) is 7.44. The van der Waals surface area contributed by atoms with Crippen LogP contribution in [0, 0.1) is 0 Å². The van der Waals surface area contributed by atoms with E-state index < -0.39 is 22.2 Å². The molecule has 2 aliphatic heterocycles. The first-order valence-electron chi connectivity index (χ1n) is 12.2. The Morgan fingerprint density at radius 2 is 1.73 bits per heavy atom. The summed E-state index contributed by atoms with van der Waals surface area (Å²) in [5.74, 6) is -0.464. The van der Waals surface area contributed by atoms with Gasteiger partial charge < -0.3 is 25.0 Å². The van der Waals surface area contributed by atoms with Crippen LogP contribution >= 0.6 is 34.8 Å². The van der Waals surface area contributed by atoms with Crippen molar-refractivity contribution in [2.75, 3.05) is 64.0 Å². The van der Waals surface area contributed by atoms with Crippen molar-refractivity contribution < 1.29 is 19.1 Å². The Labute approximate surface area is 232 Å². The van der Waals surface area contributed by atoms with Gasteiger partial charge in [-0.3, -0.25) is 14.5 Å². The molecule has 4 rings (SSSR count). The van der Waals surface area contributed by atoms with Crippen molar-refractivity contribution in [1.29, 1.82) is 0 Å². The van der Waals surface area contributed by atoms with Crippen molar-refractivity contribution in [2.24, 2.45) is 5.73 Å². The highest BCUT2D eigenvalue weighted by atomic mass is 35.5. The van der Waals surface area contributed by atoms with Crippen LogP contribution in [0.1, 0.15) is 5.56 Å². The summed E-state index contributed by atoms with van der Waals surface area (Å²) in [4.78, 5) is 31.5. The summed E-state index contributed by atoms with van der Waals surface area (Å²) in [6, 6.07) is 13.7. The summed E-state index contributed by atoms with van der Waals surface area (Å²) in [5.41, 5.74) is 7.33. The third kappa shape index (κ3) is 7.21. The van der Waals surface area contributed by atoms with Gasteiger partial charge in [-0.25, -0.2) is 0 Å². The number of benzene rings is 2. The van der Waals surface area contributed by atoms with Gasteiger partial charge in [0.05, 0.1) is 18.9 Å². The van der Waals surface area contributed by atoms with Gasteiger partial charge in [-0.05, 0) is 29.8 Å². The molecule has 0 radical (unpaired) electrons. The highest BCUT2D eigenvalue weighted by Gasteiger charge is 2.44. The fourth-order valence-corrected chi connectivity index (χ4v) is 5.23. The number of alkyl halides is 2. The van der Waals surface area contributed by atoms with E-state index in [0.29, 0.717) is 23.9 Å². The Hall–Kier alpha value is -2.23. The fraction of sp³-hybridized carbons (Fsp3) is 0.462. The molecule has 2 aromatic carbocycles. The Balaban J connectivity index is 1.42. The second-order valence-electron chi connectivity index (χ2n) is 9.14. The molecule has 0 saturated carbocycles. The number of hydrogen-bond acceptors (Lipinski definition) is 6. The SMILES string of the molecule is NC(=O)C1CN(c2ccccc2OCCN2CCOCC2)CCN1C(=O)C(Cl)(Cl)Cc1ccc(Cl)cc1. The number of primary amides is 1. The zero-order chi connectivity index (χ0) is 26.4. The topological polar surface area (TPSA) is 88.3 Å². The molecule has 0 aliphatic carbocycles. The summed E-state index contributed by atoms with van der Waals surface area (Å²) in [7, 11) is 0. The van der Waals surface area contributed by atoms with Crippen molar-refractivity contribution in [3.8, 4) is 5.75 Å². The van der Waals surface area contributed by atoms with Gasteiger partial charge in [0, 0.05) is 50.7 Å². The molecule has 37 heavy (non-hydrogen) atoms. The van der Waals surface area contributed by atoms with Crippen molar-refractivity contribution in [2.45, 2.75) is 16.8 Å². The number of nitrogens with zero attached hydrogens (tertiary/aromatic N) is 3. The second kappa shape index (κ2) is 12.5. The molecule has 1 unspecified atom stereocenters. The Kier molecular flexibility index (Phi) is 9.42. The minimum atomic E-state index is -1.76. The van der Waals surface area contributed by atoms with E-state index in [-0.39, 0.29) is 19.5 Å².